The third kappa shape index (κ3) is 4.06. The van der Waals surface area contributed by atoms with E-state index in [9.17, 15) is 18.0 Å². The van der Waals surface area contributed by atoms with Gasteiger partial charge in [0.05, 0.1) is 6.42 Å². The number of nitrogens with two attached hydrogens (primary N) is 1. The fourth-order valence-corrected chi connectivity index (χ4v) is 2.03. The number of hydrogen-bond acceptors (Lipinski definition) is 5. The van der Waals surface area contributed by atoms with Gasteiger partial charge in [0.25, 0.3) is 5.91 Å². The molecule has 1 rings (SSSR count). The molecular formula is C9H13F3N4OS. The van der Waals surface area contributed by atoms with Crippen LogP contribution in [0.3, 0.4) is 0 Å². The molecular weight excluding hydrogens is 269 g/mol. The Morgan fingerprint density at radius 3 is 2.61 bits per heavy atom. The number of carbonyl (C=O) groups excluding carboxylic acids is 1. The average molecular weight is 282 g/mol. The lowest BCUT2D eigenvalue weighted by Gasteiger charge is -2.15. The van der Waals surface area contributed by atoms with Crippen LogP contribution >= 0.6 is 11.3 Å². The number of rotatable bonds is 4. The third-order valence-corrected chi connectivity index (χ3v) is 3.08. The van der Waals surface area contributed by atoms with Gasteiger partial charge in [-0.15, -0.1) is 0 Å². The highest BCUT2D eigenvalue weighted by molar-refractivity contribution is 7.18. The number of alkyl halides is 3. The molecule has 0 saturated carbocycles. The SMILES string of the molecule is CNc1nc(N)c(C(=O)NC(C)CC(F)(F)F)s1. The van der Waals surface area contributed by atoms with E-state index in [1.54, 1.807) is 7.05 Å². The Kier molecular flexibility index (Phi) is 4.38. The van der Waals surface area contributed by atoms with E-state index in [-0.39, 0.29) is 10.7 Å². The summed E-state index contributed by atoms with van der Waals surface area (Å²) in [7, 11) is 1.60. The molecule has 1 unspecified atom stereocenters. The van der Waals surface area contributed by atoms with Crippen molar-refractivity contribution in [1.82, 2.24) is 10.3 Å². The number of amides is 1. The summed E-state index contributed by atoms with van der Waals surface area (Å²) < 4.78 is 36.3. The molecule has 1 aromatic heterocycles. The zero-order valence-electron chi connectivity index (χ0n) is 9.76. The molecule has 0 fully saturated rings. The minimum absolute atomic E-state index is 0.000980. The largest absolute Gasteiger partial charge is 0.391 e. The standard InChI is InChI=1S/C9H13F3N4OS/c1-4(3-9(10,11)12)15-7(17)5-6(13)16-8(14-2)18-5/h4H,3,13H2,1-2H3,(H,14,16)(H,15,17). The van der Waals surface area contributed by atoms with Gasteiger partial charge in [-0.1, -0.05) is 11.3 Å². The zero-order valence-corrected chi connectivity index (χ0v) is 10.6. The van der Waals surface area contributed by atoms with Crippen LogP contribution in [0, 0.1) is 0 Å². The van der Waals surface area contributed by atoms with Crippen molar-refractivity contribution in [3.05, 3.63) is 4.88 Å². The smallest absolute Gasteiger partial charge is 0.382 e. The number of hydrogen-bond donors (Lipinski definition) is 3. The molecule has 0 saturated heterocycles. The topological polar surface area (TPSA) is 80.0 Å². The zero-order chi connectivity index (χ0) is 13.9. The monoisotopic (exact) mass is 282 g/mol. The highest BCUT2D eigenvalue weighted by atomic mass is 32.1. The Morgan fingerprint density at radius 1 is 1.56 bits per heavy atom. The van der Waals surface area contributed by atoms with Gasteiger partial charge in [0.1, 0.15) is 10.7 Å². The van der Waals surface area contributed by atoms with Crippen molar-refractivity contribution in [1.29, 1.82) is 0 Å². The number of nitrogens with zero attached hydrogens (tertiary/aromatic N) is 1. The Hall–Kier alpha value is -1.51. The molecule has 0 bridgehead atoms. The fraction of sp³-hybridized carbons (Fsp3) is 0.556. The fourth-order valence-electron chi connectivity index (χ4n) is 1.29. The maximum atomic E-state index is 12.1. The van der Waals surface area contributed by atoms with Crippen LogP contribution in [0.5, 0.6) is 0 Å². The molecule has 4 N–H and O–H groups in total. The van der Waals surface area contributed by atoms with Gasteiger partial charge in [0.15, 0.2) is 5.13 Å². The molecule has 1 aromatic rings. The van der Waals surface area contributed by atoms with Crippen LogP contribution in [-0.2, 0) is 0 Å². The quantitative estimate of drug-likeness (QED) is 0.787. The maximum Gasteiger partial charge on any atom is 0.391 e. The number of carbonyl (C=O) groups is 1. The predicted octanol–water partition coefficient (Wildman–Crippen LogP) is 1.84. The van der Waals surface area contributed by atoms with Gasteiger partial charge < -0.3 is 16.4 Å². The van der Waals surface area contributed by atoms with Crippen LogP contribution in [0.4, 0.5) is 24.1 Å². The van der Waals surface area contributed by atoms with Crippen molar-refractivity contribution >= 4 is 28.2 Å². The van der Waals surface area contributed by atoms with E-state index < -0.39 is 24.5 Å². The molecule has 0 aliphatic heterocycles. The van der Waals surface area contributed by atoms with Crippen molar-refractivity contribution < 1.29 is 18.0 Å². The number of anilines is 2. The number of halogens is 3. The van der Waals surface area contributed by atoms with Gasteiger partial charge in [-0.25, -0.2) is 4.98 Å². The van der Waals surface area contributed by atoms with Crippen molar-refractivity contribution in [2.45, 2.75) is 25.6 Å². The minimum atomic E-state index is -4.32. The summed E-state index contributed by atoms with van der Waals surface area (Å²) >= 11 is 0.987. The molecule has 0 aliphatic carbocycles. The first-order valence-electron chi connectivity index (χ1n) is 5.04. The summed E-state index contributed by atoms with van der Waals surface area (Å²) in [4.78, 5) is 15.6. The van der Waals surface area contributed by atoms with Gasteiger partial charge >= 0.3 is 6.18 Å². The predicted molar refractivity (Wildman–Crippen MR) is 63.7 cm³/mol. The van der Waals surface area contributed by atoms with Crippen LogP contribution < -0.4 is 16.4 Å². The molecule has 1 amide bonds. The normalized spacial score (nSPS) is 13.2. The Balaban J connectivity index is 2.67. The summed E-state index contributed by atoms with van der Waals surface area (Å²) in [5.41, 5.74) is 5.50. The first kappa shape index (κ1) is 14.6. The lowest BCUT2D eigenvalue weighted by molar-refractivity contribution is -0.138. The van der Waals surface area contributed by atoms with Crippen molar-refractivity contribution in [3.8, 4) is 0 Å². The van der Waals surface area contributed by atoms with E-state index in [0.717, 1.165) is 11.3 Å². The van der Waals surface area contributed by atoms with Crippen LogP contribution in [0.25, 0.3) is 0 Å². The molecule has 0 radical (unpaired) electrons. The van der Waals surface area contributed by atoms with E-state index in [0.29, 0.717) is 5.13 Å². The number of nitrogens with one attached hydrogen (secondary N) is 2. The van der Waals surface area contributed by atoms with Gasteiger partial charge in [0.2, 0.25) is 0 Å². The summed E-state index contributed by atoms with van der Waals surface area (Å²) in [5.74, 6) is -0.649. The number of nitrogen functional groups attached to an aromatic ring is 1. The second kappa shape index (κ2) is 5.42. The van der Waals surface area contributed by atoms with Crippen molar-refractivity contribution in [2.24, 2.45) is 0 Å². The summed E-state index contributed by atoms with van der Waals surface area (Å²) in [6, 6.07) is -1.02. The summed E-state index contributed by atoms with van der Waals surface area (Å²) in [5, 5.41) is 5.37. The molecule has 0 aromatic carbocycles. The number of thiazole rings is 1. The van der Waals surface area contributed by atoms with Crippen molar-refractivity contribution in [2.75, 3.05) is 18.1 Å². The summed E-state index contributed by atoms with van der Waals surface area (Å²) in [6.45, 7) is 1.28. The van der Waals surface area contributed by atoms with E-state index in [4.69, 9.17) is 5.73 Å². The first-order chi connectivity index (χ1) is 8.23. The Bertz CT molecular complexity index is 432. The van der Waals surface area contributed by atoms with Crippen LogP contribution in [-0.4, -0.2) is 30.2 Å². The van der Waals surface area contributed by atoms with Gasteiger partial charge in [-0.05, 0) is 6.92 Å². The Morgan fingerprint density at radius 2 is 2.17 bits per heavy atom. The molecule has 0 aliphatic rings. The maximum absolute atomic E-state index is 12.1. The average Bonchev–Trinajstić information content (AvgIpc) is 2.56. The van der Waals surface area contributed by atoms with Crippen LogP contribution in [0.1, 0.15) is 23.0 Å². The molecule has 0 spiro atoms. The van der Waals surface area contributed by atoms with Crippen LogP contribution in [0.15, 0.2) is 0 Å². The van der Waals surface area contributed by atoms with E-state index in [2.05, 4.69) is 15.6 Å². The second-order valence-electron chi connectivity index (χ2n) is 3.68. The van der Waals surface area contributed by atoms with Gasteiger partial charge in [0, 0.05) is 13.1 Å². The summed E-state index contributed by atoms with van der Waals surface area (Å²) in [6.07, 6.45) is -5.40. The second-order valence-corrected chi connectivity index (χ2v) is 4.68. The highest BCUT2D eigenvalue weighted by Crippen LogP contribution is 2.25. The molecule has 18 heavy (non-hydrogen) atoms. The van der Waals surface area contributed by atoms with Gasteiger partial charge in [-0.3, -0.25) is 4.79 Å². The molecule has 5 nitrogen and oxygen atoms in total. The molecule has 102 valence electrons. The third-order valence-electron chi connectivity index (χ3n) is 1.99. The van der Waals surface area contributed by atoms with Crippen molar-refractivity contribution in [3.63, 3.8) is 0 Å². The minimum Gasteiger partial charge on any atom is -0.382 e. The molecule has 1 atom stereocenters. The van der Waals surface area contributed by atoms with E-state index in [1.807, 2.05) is 0 Å². The lowest BCUT2D eigenvalue weighted by atomic mass is 10.2. The molecule has 9 heteroatoms. The van der Waals surface area contributed by atoms with Crippen LogP contribution in [0.2, 0.25) is 0 Å². The van der Waals surface area contributed by atoms with E-state index >= 15 is 0 Å². The van der Waals surface area contributed by atoms with E-state index in [1.165, 1.54) is 6.92 Å². The number of aromatic nitrogens is 1. The highest BCUT2D eigenvalue weighted by Gasteiger charge is 2.31. The molecule has 1 heterocycles. The lowest BCUT2D eigenvalue weighted by Crippen LogP contribution is -2.35. The van der Waals surface area contributed by atoms with Gasteiger partial charge in [-0.2, -0.15) is 13.2 Å². The first-order valence-corrected chi connectivity index (χ1v) is 5.86. The Labute approximate surface area is 106 Å².